The number of hydrogen-bond acceptors (Lipinski definition) is 3. The van der Waals surface area contributed by atoms with E-state index < -0.39 is 0 Å². The van der Waals surface area contributed by atoms with Crippen molar-refractivity contribution in [1.29, 1.82) is 0 Å². The van der Waals surface area contributed by atoms with E-state index in [4.69, 9.17) is 0 Å². The highest BCUT2D eigenvalue weighted by Gasteiger charge is 2.20. The Bertz CT molecular complexity index is 759. The molecule has 0 aliphatic carbocycles. The van der Waals surface area contributed by atoms with Gasteiger partial charge in [0.2, 0.25) is 5.91 Å². The Morgan fingerprint density at radius 2 is 2.17 bits per heavy atom. The third-order valence-electron chi connectivity index (χ3n) is 4.09. The lowest BCUT2D eigenvalue weighted by Crippen LogP contribution is -2.26. The van der Waals surface area contributed by atoms with Crippen molar-refractivity contribution in [2.45, 2.75) is 25.9 Å². The average molecular weight is 407 g/mol. The molecule has 0 atom stereocenters. The molecule has 0 radical (unpaired) electrons. The van der Waals surface area contributed by atoms with Crippen LogP contribution in [0.3, 0.4) is 0 Å². The maximum atomic E-state index is 12.6. The average Bonchev–Trinajstić information content (AvgIpc) is 3.15. The summed E-state index contributed by atoms with van der Waals surface area (Å²) in [7, 11) is 1.81. The molecule has 1 fully saturated rings. The second-order valence-corrected chi connectivity index (χ2v) is 8.53. The second-order valence-electron chi connectivity index (χ2n) is 5.99. The number of hydrogen-bond donors (Lipinski definition) is 0. The zero-order valence-corrected chi connectivity index (χ0v) is 15.9. The minimum atomic E-state index is -0.00544. The van der Waals surface area contributed by atoms with E-state index in [2.05, 4.69) is 15.9 Å². The lowest BCUT2D eigenvalue weighted by molar-refractivity contribution is -0.128. The van der Waals surface area contributed by atoms with Crippen molar-refractivity contribution in [3.63, 3.8) is 0 Å². The zero-order chi connectivity index (χ0) is 17.1. The van der Waals surface area contributed by atoms with Crippen molar-refractivity contribution < 1.29 is 9.59 Å². The fourth-order valence-electron chi connectivity index (χ4n) is 2.86. The van der Waals surface area contributed by atoms with E-state index in [1.54, 1.807) is 16.2 Å². The molecular formula is C18H19BrN2O2S. The van der Waals surface area contributed by atoms with Crippen molar-refractivity contribution in [3.8, 4) is 0 Å². The lowest BCUT2D eigenvalue weighted by atomic mass is 10.1. The first-order chi connectivity index (χ1) is 11.5. The van der Waals surface area contributed by atoms with Gasteiger partial charge in [-0.05, 0) is 52.2 Å². The highest BCUT2D eigenvalue weighted by atomic mass is 79.9. The standard InChI is InChI=1S/C18H19BrN2O2S/c1-20(12-15-7-8-16(19)24-15)18(23)14-5-2-4-13(10-14)11-21-9-3-6-17(21)22/h2,4-5,7-8,10H,3,6,9,11-12H2,1H3. The quantitative estimate of drug-likeness (QED) is 0.754. The zero-order valence-electron chi connectivity index (χ0n) is 13.5. The summed E-state index contributed by atoms with van der Waals surface area (Å²) in [5.74, 6) is 0.196. The van der Waals surface area contributed by atoms with E-state index in [1.165, 1.54) is 0 Å². The molecule has 3 rings (SSSR count). The summed E-state index contributed by atoms with van der Waals surface area (Å²) in [6.07, 6.45) is 1.56. The molecule has 126 valence electrons. The minimum Gasteiger partial charge on any atom is -0.338 e. The first-order valence-corrected chi connectivity index (χ1v) is 9.50. The highest BCUT2D eigenvalue weighted by molar-refractivity contribution is 9.11. The van der Waals surface area contributed by atoms with Crippen molar-refractivity contribution in [3.05, 3.63) is 56.2 Å². The van der Waals surface area contributed by atoms with Crippen LogP contribution >= 0.6 is 27.3 Å². The van der Waals surface area contributed by atoms with Crippen LogP contribution in [0.15, 0.2) is 40.2 Å². The van der Waals surface area contributed by atoms with Crippen molar-refractivity contribution >= 4 is 39.1 Å². The van der Waals surface area contributed by atoms with E-state index in [1.807, 2.05) is 48.3 Å². The summed E-state index contributed by atoms with van der Waals surface area (Å²) in [6.45, 7) is 1.98. The van der Waals surface area contributed by atoms with Crippen LogP contribution in [-0.2, 0) is 17.9 Å². The molecule has 2 heterocycles. The van der Waals surface area contributed by atoms with Gasteiger partial charge in [-0.25, -0.2) is 0 Å². The number of benzene rings is 1. The van der Waals surface area contributed by atoms with Crippen LogP contribution in [0.4, 0.5) is 0 Å². The lowest BCUT2D eigenvalue weighted by Gasteiger charge is -2.18. The molecule has 2 amide bonds. The first-order valence-electron chi connectivity index (χ1n) is 7.89. The minimum absolute atomic E-state index is 0.00544. The van der Waals surface area contributed by atoms with Gasteiger partial charge in [-0.15, -0.1) is 11.3 Å². The number of amides is 2. The summed E-state index contributed by atoms with van der Waals surface area (Å²) in [5.41, 5.74) is 1.67. The summed E-state index contributed by atoms with van der Waals surface area (Å²) >= 11 is 5.07. The van der Waals surface area contributed by atoms with E-state index in [9.17, 15) is 9.59 Å². The molecule has 2 aromatic rings. The Balaban J connectivity index is 1.68. The maximum Gasteiger partial charge on any atom is 0.253 e. The molecule has 0 bridgehead atoms. The predicted octanol–water partition coefficient (Wildman–Crippen LogP) is 3.91. The van der Waals surface area contributed by atoms with Crippen molar-refractivity contribution in [1.82, 2.24) is 9.80 Å². The van der Waals surface area contributed by atoms with E-state index in [0.29, 0.717) is 25.1 Å². The largest absolute Gasteiger partial charge is 0.338 e. The molecule has 0 spiro atoms. The molecule has 0 N–H and O–H groups in total. The number of thiophene rings is 1. The van der Waals surface area contributed by atoms with Crippen LogP contribution in [0.1, 0.15) is 33.6 Å². The fraction of sp³-hybridized carbons (Fsp3) is 0.333. The van der Waals surface area contributed by atoms with Crippen LogP contribution in [0, 0.1) is 0 Å². The van der Waals surface area contributed by atoms with Crippen LogP contribution < -0.4 is 0 Å². The van der Waals surface area contributed by atoms with Crippen LogP contribution in [0.2, 0.25) is 0 Å². The van der Waals surface area contributed by atoms with Crippen molar-refractivity contribution in [2.24, 2.45) is 0 Å². The molecule has 6 heteroatoms. The number of carbonyl (C=O) groups excluding carboxylic acids is 2. The van der Waals surface area contributed by atoms with E-state index >= 15 is 0 Å². The molecule has 1 aromatic carbocycles. The van der Waals surface area contributed by atoms with E-state index in [-0.39, 0.29) is 11.8 Å². The van der Waals surface area contributed by atoms with Crippen LogP contribution in [-0.4, -0.2) is 35.2 Å². The molecule has 0 saturated carbocycles. The molecule has 1 aromatic heterocycles. The van der Waals surface area contributed by atoms with Gasteiger partial charge in [-0.2, -0.15) is 0 Å². The van der Waals surface area contributed by atoms with Crippen molar-refractivity contribution in [2.75, 3.05) is 13.6 Å². The Morgan fingerprint density at radius 3 is 2.83 bits per heavy atom. The number of carbonyl (C=O) groups is 2. The number of nitrogens with zero attached hydrogens (tertiary/aromatic N) is 2. The normalized spacial score (nSPS) is 14.2. The summed E-state index contributed by atoms with van der Waals surface area (Å²) in [6, 6.07) is 11.6. The Labute approximate surface area is 154 Å². The van der Waals surface area contributed by atoms with Gasteiger partial charge < -0.3 is 9.80 Å². The van der Waals surface area contributed by atoms with Gasteiger partial charge >= 0.3 is 0 Å². The summed E-state index contributed by atoms with van der Waals surface area (Å²) in [5, 5.41) is 0. The van der Waals surface area contributed by atoms with Gasteiger partial charge in [0, 0.05) is 37.0 Å². The maximum absolute atomic E-state index is 12.6. The summed E-state index contributed by atoms with van der Waals surface area (Å²) in [4.78, 5) is 29.1. The predicted molar refractivity (Wildman–Crippen MR) is 98.9 cm³/mol. The molecule has 24 heavy (non-hydrogen) atoms. The first kappa shape index (κ1) is 17.2. The Hall–Kier alpha value is -1.66. The number of rotatable bonds is 5. The fourth-order valence-corrected chi connectivity index (χ4v) is 4.39. The van der Waals surface area contributed by atoms with Crippen LogP contribution in [0.5, 0.6) is 0 Å². The third-order valence-corrected chi connectivity index (χ3v) is 5.70. The Morgan fingerprint density at radius 1 is 1.33 bits per heavy atom. The van der Waals surface area contributed by atoms with Gasteiger partial charge in [0.05, 0.1) is 10.3 Å². The van der Waals surface area contributed by atoms with Gasteiger partial charge in [0.15, 0.2) is 0 Å². The second kappa shape index (κ2) is 7.49. The van der Waals surface area contributed by atoms with Gasteiger partial charge in [0.25, 0.3) is 5.91 Å². The molecule has 1 aliphatic rings. The van der Waals surface area contributed by atoms with Gasteiger partial charge in [-0.1, -0.05) is 12.1 Å². The molecule has 1 saturated heterocycles. The monoisotopic (exact) mass is 406 g/mol. The molecular weight excluding hydrogens is 388 g/mol. The number of halogens is 1. The van der Waals surface area contributed by atoms with E-state index in [0.717, 1.165) is 27.2 Å². The molecule has 1 aliphatic heterocycles. The number of likely N-dealkylation sites (tertiary alicyclic amines) is 1. The smallest absolute Gasteiger partial charge is 0.253 e. The summed E-state index contributed by atoms with van der Waals surface area (Å²) < 4.78 is 1.07. The molecule has 0 unspecified atom stereocenters. The SMILES string of the molecule is CN(Cc1ccc(Br)s1)C(=O)c1cccc(CN2CCCC2=O)c1. The third kappa shape index (κ3) is 4.05. The topological polar surface area (TPSA) is 40.6 Å². The van der Waals surface area contributed by atoms with Gasteiger partial charge in [-0.3, -0.25) is 9.59 Å². The highest BCUT2D eigenvalue weighted by Crippen LogP contribution is 2.23. The molecule has 4 nitrogen and oxygen atoms in total. The van der Waals surface area contributed by atoms with Crippen LogP contribution in [0.25, 0.3) is 0 Å². The Kier molecular flexibility index (Phi) is 5.36. The van der Waals surface area contributed by atoms with Gasteiger partial charge in [0.1, 0.15) is 0 Å².